The van der Waals surface area contributed by atoms with E-state index in [0.29, 0.717) is 6.42 Å². The van der Waals surface area contributed by atoms with Gasteiger partial charge in [-0.05, 0) is 12.0 Å². The number of unbranched alkanes of at least 4 members (excludes halogenated alkanes) is 1. The predicted molar refractivity (Wildman–Crippen MR) is 71.4 cm³/mol. The van der Waals surface area contributed by atoms with Gasteiger partial charge in [-0.15, -0.1) is 0 Å². The van der Waals surface area contributed by atoms with Crippen molar-refractivity contribution in [2.75, 3.05) is 0 Å². The Kier molecular flexibility index (Phi) is 4.76. The second-order valence-electron chi connectivity index (χ2n) is 4.37. The third-order valence-electron chi connectivity index (χ3n) is 2.80. The molecule has 0 aliphatic heterocycles. The molecular weight excluding hydrogens is 260 g/mol. The molecule has 0 aliphatic rings. The van der Waals surface area contributed by atoms with Gasteiger partial charge in [0.1, 0.15) is 6.61 Å². The molecule has 0 amide bonds. The molecule has 1 aromatic heterocycles. The molecule has 0 radical (unpaired) electrons. The Labute approximate surface area is 116 Å². The zero-order valence-corrected chi connectivity index (χ0v) is 11.3. The SMILES string of the molecule is CCCCc1oc(=O)oc1C(=O)OCc1ccccc1. The van der Waals surface area contributed by atoms with E-state index in [4.69, 9.17) is 13.6 Å². The van der Waals surface area contributed by atoms with E-state index in [1.807, 2.05) is 37.3 Å². The molecule has 0 bridgehead atoms. The molecule has 2 aromatic rings. The van der Waals surface area contributed by atoms with Crippen LogP contribution in [-0.2, 0) is 17.8 Å². The van der Waals surface area contributed by atoms with E-state index < -0.39 is 11.8 Å². The number of aryl methyl sites for hydroxylation is 1. The molecule has 5 heteroatoms. The maximum Gasteiger partial charge on any atom is 0.519 e. The number of rotatable bonds is 6. The quantitative estimate of drug-likeness (QED) is 0.759. The van der Waals surface area contributed by atoms with E-state index in [2.05, 4.69) is 0 Å². The van der Waals surface area contributed by atoms with E-state index in [1.54, 1.807) is 0 Å². The van der Waals surface area contributed by atoms with Crippen LogP contribution >= 0.6 is 0 Å². The first kappa shape index (κ1) is 14.1. The summed E-state index contributed by atoms with van der Waals surface area (Å²) in [7, 11) is 0. The van der Waals surface area contributed by atoms with E-state index >= 15 is 0 Å². The number of benzene rings is 1. The molecular formula is C15H16O5. The van der Waals surface area contributed by atoms with Crippen molar-refractivity contribution in [3.8, 4) is 0 Å². The van der Waals surface area contributed by atoms with Crippen LogP contribution in [0.25, 0.3) is 0 Å². The molecule has 0 saturated heterocycles. The van der Waals surface area contributed by atoms with Gasteiger partial charge >= 0.3 is 11.8 Å². The minimum atomic E-state index is -0.872. The zero-order chi connectivity index (χ0) is 14.4. The zero-order valence-electron chi connectivity index (χ0n) is 11.3. The summed E-state index contributed by atoms with van der Waals surface area (Å²) in [5.74, 6) is -1.41. The predicted octanol–water partition coefficient (Wildman–Crippen LogP) is 2.93. The van der Waals surface area contributed by atoms with E-state index in [0.717, 1.165) is 18.4 Å². The van der Waals surface area contributed by atoms with Gasteiger partial charge in [-0.2, -0.15) is 0 Å². The fourth-order valence-electron chi connectivity index (χ4n) is 1.75. The van der Waals surface area contributed by atoms with Crippen LogP contribution in [0.4, 0.5) is 0 Å². The van der Waals surface area contributed by atoms with E-state index in [9.17, 15) is 9.59 Å². The third-order valence-corrected chi connectivity index (χ3v) is 2.80. The van der Waals surface area contributed by atoms with Gasteiger partial charge in [-0.25, -0.2) is 9.59 Å². The second kappa shape index (κ2) is 6.75. The van der Waals surface area contributed by atoms with Gasteiger partial charge in [0.05, 0.1) is 0 Å². The first-order valence-electron chi connectivity index (χ1n) is 6.54. The Morgan fingerprint density at radius 3 is 2.65 bits per heavy atom. The summed E-state index contributed by atoms with van der Waals surface area (Å²) in [5.41, 5.74) is 0.863. The van der Waals surface area contributed by atoms with E-state index in [-0.39, 0.29) is 18.1 Å². The lowest BCUT2D eigenvalue weighted by Crippen LogP contribution is -2.07. The van der Waals surface area contributed by atoms with Crippen LogP contribution in [0.15, 0.2) is 44.0 Å². The molecule has 1 aromatic carbocycles. The molecule has 106 valence electrons. The Morgan fingerprint density at radius 2 is 1.95 bits per heavy atom. The number of carbonyl (C=O) groups excluding carboxylic acids is 1. The van der Waals surface area contributed by atoms with Crippen molar-refractivity contribution in [3.63, 3.8) is 0 Å². The first-order valence-corrected chi connectivity index (χ1v) is 6.54. The molecule has 0 N–H and O–H groups in total. The highest BCUT2D eigenvalue weighted by atomic mass is 16.6. The van der Waals surface area contributed by atoms with Gasteiger partial charge in [-0.1, -0.05) is 43.7 Å². The van der Waals surface area contributed by atoms with Crippen molar-refractivity contribution in [1.29, 1.82) is 0 Å². The molecule has 0 unspecified atom stereocenters. The van der Waals surface area contributed by atoms with Crippen molar-refractivity contribution in [1.82, 2.24) is 0 Å². The number of hydrogen-bond donors (Lipinski definition) is 0. The Balaban J connectivity index is 2.03. The average molecular weight is 276 g/mol. The van der Waals surface area contributed by atoms with Crippen molar-refractivity contribution < 1.29 is 18.4 Å². The number of hydrogen-bond acceptors (Lipinski definition) is 5. The molecule has 1 heterocycles. The van der Waals surface area contributed by atoms with Crippen molar-refractivity contribution in [2.24, 2.45) is 0 Å². The summed E-state index contributed by atoms with van der Waals surface area (Å²) < 4.78 is 14.7. The number of carbonyl (C=O) groups is 1. The molecule has 20 heavy (non-hydrogen) atoms. The van der Waals surface area contributed by atoms with Gasteiger partial charge in [-0.3, -0.25) is 0 Å². The standard InChI is InChI=1S/C15H16O5/c1-2-3-9-12-13(20-15(17)19-12)14(16)18-10-11-7-5-4-6-8-11/h4-8H,2-3,9-10H2,1H3. The average Bonchev–Trinajstić information content (AvgIpc) is 2.84. The second-order valence-corrected chi connectivity index (χ2v) is 4.37. The lowest BCUT2D eigenvalue weighted by atomic mass is 10.2. The fraction of sp³-hybridized carbons (Fsp3) is 0.333. The summed E-state index contributed by atoms with van der Waals surface area (Å²) >= 11 is 0. The Hall–Kier alpha value is -2.30. The monoisotopic (exact) mass is 276 g/mol. The van der Waals surface area contributed by atoms with Crippen LogP contribution in [0.1, 0.15) is 41.6 Å². The van der Waals surface area contributed by atoms with Gasteiger partial charge in [0.2, 0.25) is 0 Å². The summed E-state index contributed by atoms with van der Waals surface area (Å²) in [6.07, 6.45) is 2.22. The smallest absolute Gasteiger partial charge is 0.455 e. The molecule has 0 aliphatic carbocycles. The van der Waals surface area contributed by atoms with Crippen LogP contribution in [0.2, 0.25) is 0 Å². The van der Waals surface area contributed by atoms with Crippen LogP contribution < -0.4 is 5.82 Å². The van der Waals surface area contributed by atoms with E-state index in [1.165, 1.54) is 0 Å². The summed E-state index contributed by atoms with van der Waals surface area (Å²) in [6, 6.07) is 9.28. The van der Waals surface area contributed by atoms with Gasteiger partial charge < -0.3 is 13.6 Å². The molecule has 5 nitrogen and oxygen atoms in total. The molecule has 2 rings (SSSR count). The minimum absolute atomic E-state index is 0.126. The number of esters is 1. The van der Waals surface area contributed by atoms with Crippen LogP contribution in [0.5, 0.6) is 0 Å². The lowest BCUT2D eigenvalue weighted by molar-refractivity contribution is 0.0432. The van der Waals surface area contributed by atoms with Gasteiger partial charge in [0.15, 0.2) is 5.76 Å². The summed E-state index contributed by atoms with van der Waals surface area (Å²) in [5, 5.41) is 0. The third kappa shape index (κ3) is 3.60. The van der Waals surface area contributed by atoms with Crippen molar-refractivity contribution >= 4 is 5.97 Å². The molecule has 0 saturated carbocycles. The molecule has 0 fully saturated rings. The maximum atomic E-state index is 11.9. The van der Waals surface area contributed by atoms with Crippen LogP contribution in [0.3, 0.4) is 0 Å². The lowest BCUT2D eigenvalue weighted by Gasteiger charge is -2.03. The van der Waals surface area contributed by atoms with Gasteiger partial charge in [0.25, 0.3) is 5.76 Å². The largest absolute Gasteiger partial charge is 0.519 e. The van der Waals surface area contributed by atoms with Crippen molar-refractivity contribution in [3.05, 3.63) is 58.0 Å². The highest BCUT2D eigenvalue weighted by molar-refractivity contribution is 5.87. The molecule has 0 atom stereocenters. The highest BCUT2D eigenvalue weighted by Gasteiger charge is 2.21. The number of ether oxygens (including phenoxy) is 1. The first-order chi connectivity index (χ1) is 9.70. The highest BCUT2D eigenvalue weighted by Crippen LogP contribution is 2.13. The van der Waals surface area contributed by atoms with Crippen LogP contribution in [-0.4, -0.2) is 5.97 Å². The fourth-order valence-corrected chi connectivity index (χ4v) is 1.75. The maximum absolute atomic E-state index is 11.9. The Morgan fingerprint density at radius 1 is 1.20 bits per heavy atom. The van der Waals surface area contributed by atoms with Crippen molar-refractivity contribution in [2.45, 2.75) is 32.8 Å². The topological polar surface area (TPSA) is 69.7 Å². The normalized spacial score (nSPS) is 10.4. The summed E-state index contributed by atoms with van der Waals surface area (Å²) in [6.45, 7) is 2.13. The van der Waals surface area contributed by atoms with Gasteiger partial charge in [0, 0.05) is 6.42 Å². The minimum Gasteiger partial charge on any atom is -0.455 e. The summed E-state index contributed by atoms with van der Waals surface area (Å²) in [4.78, 5) is 23.0. The van der Waals surface area contributed by atoms with Crippen LogP contribution in [0, 0.1) is 0 Å². The molecule has 0 spiro atoms. The Bertz CT molecular complexity index is 609.